The lowest BCUT2D eigenvalue weighted by Gasteiger charge is -2.15. The number of allylic oxidation sites excluding steroid dienone is 1. The van der Waals surface area contributed by atoms with Crippen LogP contribution in [0.4, 0.5) is 0 Å². The molecule has 1 heterocycles. The van der Waals surface area contributed by atoms with Crippen LogP contribution in [0.15, 0.2) is 18.2 Å². The quantitative estimate of drug-likeness (QED) is 0.439. The molecule has 0 aliphatic heterocycles. The molecule has 4 heteroatoms. The summed E-state index contributed by atoms with van der Waals surface area (Å²) in [5.41, 5.74) is 6.27. The fourth-order valence-electron chi connectivity index (χ4n) is 1.75. The molecule has 4 nitrogen and oxygen atoms in total. The van der Waals surface area contributed by atoms with Gasteiger partial charge in [0.1, 0.15) is 0 Å². The van der Waals surface area contributed by atoms with Crippen LogP contribution in [0.25, 0.3) is 0 Å². The Morgan fingerprint density at radius 3 is 2.81 bits per heavy atom. The van der Waals surface area contributed by atoms with Crippen molar-refractivity contribution in [3.05, 3.63) is 29.6 Å². The molecule has 3 N–H and O–H groups in total. The molecule has 1 aromatic rings. The van der Waals surface area contributed by atoms with Gasteiger partial charge in [0.05, 0.1) is 17.4 Å². The van der Waals surface area contributed by atoms with Crippen molar-refractivity contribution in [3.63, 3.8) is 0 Å². The zero-order chi connectivity index (χ0) is 12.1. The van der Waals surface area contributed by atoms with Crippen LogP contribution in [-0.2, 0) is 13.5 Å². The average Bonchev–Trinajstić information content (AvgIpc) is 2.61. The largest absolute Gasteiger partial charge is 0.271 e. The monoisotopic (exact) mass is 222 g/mol. The predicted octanol–water partition coefficient (Wildman–Crippen LogP) is 1.84. The number of nitrogens with two attached hydrogens (primary N) is 1. The van der Waals surface area contributed by atoms with E-state index in [1.807, 2.05) is 18.7 Å². The van der Waals surface area contributed by atoms with Gasteiger partial charge in [0, 0.05) is 7.05 Å². The third-order valence-electron chi connectivity index (χ3n) is 2.75. The predicted molar refractivity (Wildman–Crippen MR) is 66.7 cm³/mol. The molecule has 0 amide bonds. The first-order valence-corrected chi connectivity index (χ1v) is 5.71. The van der Waals surface area contributed by atoms with Crippen molar-refractivity contribution < 1.29 is 0 Å². The number of rotatable bonds is 6. The van der Waals surface area contributed by atoms with Gasteiger partial charge in [0.15, 0.2) is 0 Å². The Labute approximate surface area is 97.5 Å². The molecule has 0 aliphatic carbocycles. The summed E-state index contributed by atoms with van der Waals surface area (Å²) in [4.78, 5) is 0. The summed E-state index contributed by atoms with van der Waals surface area (Å²) in [6.45, 7) is 8.05. The molecule has 0 aliphatic rings. The molecule has 0 radical (unpaired) electrons. The number of nitrogens with zero attached hydrogens (tertiary/aromatic N) is 2. The number of hydrogen-bond acceptors (Lipinski definition) is 3. The van der Waals surface area contributed by atoms with Crippen molar-refractivity contribution in [1.29, 1.82) is 0 Å². The van der Waals surface area contributed by atoms with E-state index < -0.39 is 0 Å². The van der Waals surface area contributed by atoms with Gasteiger partial charge in [-0.1, -0.05) is 12.5 Å². The molecule has 1 aromatic heterocycles. The number of hydrogen-bond donors (Lipinski definition) is 2. The zero-order valence-electron chi connectivity index (χ0n) is 10.5. The van der Waals surface area contributed by atoms with Crippen LogP contribution in [0.3, 0.4) is 0 Å². The second kappa shape index (κ2) is 5.82. The molecule has 1 unspecified atom stereocenters. The first-order valence-electron chi connectivity index (χ1n) is 5.71. The normalized spacial score (nSPS) is 12.8. The molecule has 0 saturated heterocycles. The molecule has 0 bridgehead atoms. The third-order valence-corrected chi connectivity index (χ3v) is 2.75. The molecule has 0 spiro atoms. The van der Waals surface area contributed by atoms with E-state index in [1.165, 1.54) is 5.57 Å². The maximum atomic E-state index is 5.59. The maximum Gasteiger partial charge on any atom is 0.0632 e. The smallest absolute Gasteiger partial charge is 0.0632 e. The molecule has 1 atom stereocenters. The third kappa shape index (κ3) is 3.18. The first kappa shape index (κ1) is 12.9. The Hall–Kier alpha value is -1.13. The van der Waals surface area contributed by atoms with Gasteiger partial charge in [-0.15, -0.1) is 6.58 Å². The van der Waals surface area contributed by atoms with Crippen LogP contribution in [0.2, 0.25) is 0 Å². The van der Waals surface area contributed by atoms with Crippen LogP contribution in [0.1, 0.15) is 44.1 Å². The number of aryl methyl sites for hydroxylation is 2. The second-order valence-electron chi connectivity index (χ2n) is 4.25. The highest BCUT2D eigenvalue weighted by Crippen LogP contribution is 2.20. The van der Waals surface area contributed by atoms with Crippen LogP contribution in [0, 0.1) is 0 Å². The fraction of sp³-hybridized carbons (Fsp3) is 0.583. The maximum absolute atomic E-state index is 5.59. The number of hydrazine groups is 1. The van der Waals surface area contributed by atoms with Gasteiger partial charge >= 0.3 is 0 Å². The van der Waals surface area contributed by atoms with Crippen molar-refractivity contribution in [2.24, 2.45) is 12.9 Å². The molecular formula is C12H22N4. The lowest BCUT2D eigenvalue weighted by molar-refractivity contribution is 0.480. The highest BCUT2D eigenvalue weighted by atomic mass is 15.3. The van der Waals surface area contributed by atoms with Crippen molar-refractivity contribution in [2.45, 2.75) is 39.2 Å². The van der Waals surface area contributed by atoms with Crippen molar-refractivity contribution in [3.8, 4) is 0 Å². The molecule has 0 aromatic carbocycles. The minimum atomic E-state index is 0.148. The minimum absolute atomic E-state index is 0.148. The number of nitrogens with one attached hydrogen (secondary N) is 1. The highest BCUT2D eigenvalue weighted by molar-refractivity contribution is 5.14. The summed E-state index contributed by atoms with van der Waals surface area (Å²) < 4.78 is 1.90. The zero-order valence-corrected chi connectivity index (χ0v) is 10.5. The lowest BCUT2D eigenvalue weighted by atomic mass is 10.0. The van der Waals surface area contributed by atoms with Crippen LogP contribution in [0.5, 0.6) is 0 Å². The van der Waals surface area contributed by atoms with Gasteiger partial charge in [-0.2, -0.15) is 5.10 Å². The average molecular weight is 222 g/mol. The summed E-state index contributed by atoms with van der Waals surface area (Å²) in [6, 6.07) is 2.26. The Balaban J connectivity index is 2.77. The SMILES string of the molecule is C=C(C)CCC(NN)c1cc(CC)nn1C. The van der Waals surface area contributed by atoms with Crippen molar-refractivity contribution in [2.75, 3.05) is 0 Å². The van der Waals surface area contributed by atoms with E-state index >= 15 is 0 Å². The molecule has 1 rings (SSSR count). The fourth-order valence-corrected chi connectivity index (χ4v) is 1.75. The van der Waals surface area contributed by atoms with E-state index in [2.05, 4.69) is 30.1 Å². The molecule has 16 heavy (non-hydrogen) atoms. The van der Waals surface area contributed by atoms with Gasteiger partial charge in [-0.05, 0) is 32.3 Å². The van der Waals surface area contributed by atoms with Gasteiger partial charge in [-0.25, -0.2) is 0 Å². The Bertz CT molecular complexity index is 354. The van der Waals surface area contributed by atoms with Gasteiger partial charge in [-0.3, -0.25) is 16.0 Å². The summed E-state index contributed by atoms with van der Waals surface area (Å²) in [5, 5.41) is 4.42. The van der Waals surface area contributed by atoms with E-state index in [4.69, 9.17) is 5.84 Å². The Morgan fingerprint density at radius 1 is 1.69 bits per heavy atom. The number of aromatic nitrogens is 2. The van der Waals surface area contributed by atoms with Crippen LogP contribution in [-0.4, -0.2) is 9.78 Å². The summed E-state index contributed by atoms with van der Waals surface area (Å²) in [7, 11) is 1.96. The van der Waals surface area contributed by atoms with Crippen LogP contribution < -0.4 is 11.3 Å². The van der Waals surface area contributed by atoms with E-state index in [1.54, 1.807) is 0 Å². The summed E-state index contributed by atoms with van der Waals surface area (Å²) in [6.07, 6.45) is 2.88. The topological polar surface area (TPSA) is 55.9 Å². The summed E-state index contributed by atoms with van der Waals surface area (Å²) in [5.74, 6) is 5.59. The molecule has 0 saturated carbocycles. The van der Waals surface area contributed by atoms with Gasteiger partial charge < -0.3 is 0 Å². The first-order chi connectivity index (χ1) is 7.58. The van der Waals surface area contributed by atoms with Crippen molar-refractivity contribution >= 4 is 0 Å². The van der Waals surface area contributed by atoms with E-state index in [9.17, 15) is 0 Å². The van der Waals surface area contributed by atoms with Crippen LogP contribution >= 0.6 is 0 Å². The molecule has 0 fully saturated rings. The van der Waals surface area contributed by atoms with Gasteiger partial charge in [0.2, 0.25) is 0 Å². The van der Waals surface area contributed by atoms with Crippen molar-refractivity contribution in [1.82, 2.24) is 15.2 Å². The second-order valence-corrected chi connectivity index (χ2v) is 4.25. The van der Waals surface area contributed by atoms with E-state index in [0.29, 0.717) is 0 Å². The highest BCUT2D eigenvalue weighted by Gasteiger charge is 2.14. The summed E-state index contributed by atoms with van der Waals surface area (Å²) >= 11 is 0. The van der Waals surface area contributed by atoms with Gasteiger partial charge in [0.25, 0.3) is 0 Å². The van der Waals surface area contributed by atoms with E-state index in [-0.39, 0.29) is 6.04 Å². The minimum Gasteiger partial charge on any atom is -0.271 e. The Kier molecular flexibility index (Phi) is 4.71. The standard InChI is InChI=1S/C12H22N4/c1-5-10-8-12(16(4)15-10)11(14-13)7-6-9(2)3/h8,11,14H,2,5-7,13H2,1,3-4H3. The molecular weight excluding hydrogens is 200 g/mol. The molecule has 90 valence electrons. The Morgan fingerprint density at radius 2 is 2.38 bits per heavy atom. The lowest BCUT2D eigenvalue weighted by Crippen LogP contribution is -2.29. The van der Waals surface area contributed by atoms with E-state index in [0.717, 1.165) is 30.7 Å².